The molecular formula is C27H31F6N3O5. The number of piperidine rings is 2. The molecule has 1 aromatic heterocycles. The number of hydrogen-bond acceptors (Lipinski definition) is 5. The highest BCUT2D eigenvalue weighted by Crippen LogP contribution is 2.40. The molecule has 0 atom stereocenters. The number of hydrogen-bond donors (Lipinski definition) is 2. The summed E-state index contributed by atoms with van der Waals surface area (Å²) in [6, 6.07) is 14.1. The second-order valence-electron chi connectivity index (χ2n) is 9.85. The quantitative estimate of drug-likeness (QED) is 0.474. The molecule has 0 aliphatic carbocycles. The summed E-state index contributed by atoms with van der Waals surface area (Å²) in [5.74, 6) is -5.32. The molecule has 2 N–H and O–H groups in total. The van der Waals surface area contributed by atoms with Gasteiger partial charge in [-0.3, -0.25) is 14.7 Å². The monoisotopic (exact) mass is 591 g/mol. The van der Waals surface area contributed by atoms with Crippen molar-refractivity contribution in [1.29, 1.82) is 0 Å². The van der Waals surface area contributed by atoms with Gasteiger partial charge < -0.3 is 15.1 Å². The number of carbonyl (C=O) groups excluding carboxylic acids is 1. The maximum Gasteiger partial charge on any atom is 0.490 e. The Morgan fingerprint density at radius 3 is 1.88 bits per heavy atom. The first-order valence-electron chi connectivity index (χ1n) is 12.6. The summed E-state index contributed by atoms with van der Waals surface area (Å²) in [5, 5.41) is 14.2. The van der Waals surface area contributed by atoms with Crippen LogP contribution >= 0.6 is 0 Å². The summed E-state index contributed by atoms with van der Waals surface area (Å²) in [4.78, 5) is 39.8. The molecule has 0 radical (unpaired) electrons. The Morgan fingerprint density at radius 2 is 1.39 bits per heavy atom. The first-order valence-corrected chi connectivity index (χ1v) is 12.6. The van der Waals surface area contributed by atoms with Gasteiger partial charge in [0.25, 0.3) is 5.91 Å². The van der Waals surface area contributed by atoms with E-state index in [0.29, 0.717) is 5.41 Å². The van der Waals surface area contributed by atoms with Crippen molar-refractivity contribution in [3.63, 3.8) is 0 Å². The van der Waals surface area contributed by atoms with Gasteiger partial charge in [-0.15, -0.1) is 0 Å². The summed E-state index contributed by atoms with van der Waals surface area (Å²) < 4.78 is 63.5. The van der Waals surface area contributed by atoms with Gasteiger partial charge in [0.1, 0.15) is 0 Å². The maximum absolute atomic E-state index is 12.9. The van der Waals surface area contributed by atoms with E-state index in [0.717, 1.165) is 62.4 Å². The van der Waals surface area contributed by atoms with Crippen molar-refractivity contribution in [1.82, 2.24) is 14.8 Å². The zero-order chi connectivity index (χ0) is 30.8. The molecule has 1 spiro atoms. The predicted molar refractivity (Wildman–Crippen MR) is 135 cm³/mol. The second-order valence-corrected chi connectivity index (χ2v) is 9.85. The van der Waals surface area contributed by atoms with Crippen LogP contribution in [0, 0.1) is 12.3 Å². The van der Waals surface area contributed by atoms with Crippen molar-refractivity contribution in [2.75, 3.05) is 26.2 Å². The highest BCUT2D eigenvalue weighted by Gasteiger charge is 2.40. The summed E-state index contributed by atoms with van der Waals surface area (Å²) in [6.45, 7) is 7.01. The van der Waals surface area contributed by atoms with Crippen LogP contribution in [0.25, 0.3) is 0 Å². The molecule has 4 rings (SSSR count). The molecule has 2 aliphatic rings. The van der Waals surface area contributed by atoms with E-state index in [1.54, 1.807) is 0 Å². The van der Waals surface area contributed by atoms with E-state index in [4.69, 9.17) is 19.8 Å². The lowest BCUT2D eigenvalue weighted by Gasteiger charge is -2.47. The Balaban J connectivity index is 0.000000349. The van der Waals surface area contributed by atoms with Gasteiger partial charge in [0.15, 0.2) is 0 Å². The van der Waals surface area contributed by atoms with Crippen molar-refractivity contribution in [2.24, 2.45) is 5.41 Å². The lowest BCUT2D eigenvalue weighted by Crippen LogP contribution is -2.50. The number of carboxylic acids is 2. The fraction of sp³-hybridized carbons (Fsp3) is 0.481. The van der Waals surface area contributed by atoms with Gasteiger partial charge in [-0.25, -0.2) is 9.59 Å². The number of halogens is 6. The summed E-state index contributed by atoms with van der Waals surface area (Å²) in [6.07, 6.45) is -3.52. The molecule has 1 aromatic carbocycles. The summed E-state index contributed by atoms with van der Waals surface area (Å²) in [7, 11) is 0. The minimum absolute atomic E-state index is 0.198. The molecule has 2 aliphatic heterocycles. The number of likely N-dealkylation sites (tertiary alicyclic amines) is 2. The number of carbonyl (C=O) groups is 3. The highest BCUT2D eigenvalue weighted by molar-refractivity contribution is 5.95. The van der Waals surface area contributed by atoms with E-state index in [-0.39, 0.29) is 5.91 Å². The number of rotatable bonds is 3. The number of pyridine rings is 1. The van der Waals surface area contributed by atoms with Gasteiger partial charge in [0.05, 0.1) is 5.69 Å². The first-order chi connectivity index (χ1) is 19.0. The number of aromatic nitrogens is 1. The van der Waals surface area contributed by atoms with Crippen LogP contribution < -0.4 is 0 Å². The molecule has 0 saturated carbocycles. The minimum Gasteiger partial charge on any atom is -0.475 e. The van der Waals surface area contributed by atoms with E-state index in [1.807, 2.05) is 43.5 Å². The van der Waals surface area contributed by atoms with Crippen LogP contribution in [0.1, 0.15) is 47.3 Å². The predicted octanol–water partition coefficient (Wildman–Crippen LogP) is 5.18. The van der Waals surface area contributed by atoms with E-state index >= 15 is 0 Å². The molecule has 3 heterocycles. The smallest absolute Gasteiger partial charge is 0.475 e. The minimum atomic E-state index is -5.08. The zero-order valence-electron chi connectivity index (χ0n) is 22.2. The molecular weight excluding hydrogens is 560 g/mol. The van der Waals surface area contributed by atoms with E-state index in [1.165, 1.54) is 12.8 Å². The third kappa shape index (κ3) is 10.7. The van der Waals surface area contributed by atoms with Gasteiger partial charge in [-0.05, 0) is 68.3 Å². The van der Waals surface area contributed by atoms with Crippen LogP contribution in [-0.4, -0.2) is 81.4 Å². The third-order valence-corrected chi connectivity index (χ3v) is 6.82. The lowest BCUT2D eigenvalue weighted by molar-refractivity contribution is -0.193. The van der Waals surface area contributed by atoms with Gasteiger partial charge in [0, 0.05) is 37.9 Å². The second kappa shape index (κ2) is 14.3. The molecule has 8 nitrogen and oxygen atoms in total. The fourth-order valence-electron chi connectivity index (χ4n) is 4.74. The molecule has 2 fully saturated rings. The van der Waals surface area contributed by atoms with E-state index < -0.39 is 24.3 Å². The SMILES string of the molecule is Cc1ccccc1C(=O)N1CCC2(CCCN(Cc3ccccn3)C2)CC1.O=C(O)C(F)(F)F.O=C(O)C(F)(F)F. The summed E-state index contributed by atoms with van der Waals surface area (Å²) >= 11 is 0. The van der Waals surface area contributed by atoms with Crippen LogP contribution in [-0.2, 0) is 16.1 Å². The number of carboxylic acid groups (broad SMARTS) is 2. The highest BCUT2D eigenvalue weighted by atomic mass is 19.4. The largest absolute Gasteiger partial charge is 0.490 e. The molecule has 41 heavy (non-hydrogen) atoms. The molecule has 0 bridgehead atoms. The first kappa shape index (κ1) is 33.5. The molecule has 226 valence electrons. The number of aliphatic carboxylic acids is 2. The Labute approximate surface area is 232 Å². The van der Waals surface area contributed by atoms with Gasteiger partial charge in [-0.1, -0.05) is 24.3 Å². The fourth-order valence-corrected chi connectivity index (χ4v) is 4.74. The third-order valence-electron chi connectivity index (χ3n) is 6.82. The zero-order valence-corrected chi connectivity index (χ0v) is 22.2. The molecule has 0 unspecified atom stereocenters. The summed E-state index contributed by atoms with van der Waals surface area (Å²) in [5.41, 5.74) is 3.45. The number of alkyl halides is 6. The Bertz CT molecular complexity index is 1140. The van der Waals surface area contributed by atoms with Gasteiger partial charge in [0.2, 0.25) is 0 Å². The van der Waals surface area contributed by atoms with E-state index in [2.05, 4.69) is 26.9 Å². The molecule has 14 heteroatoms. The number of aryl methyl sites for hydroxylation is 1. The number of nitrogens with zero attached hydrogens (tertiary/aromatic N) is 3. The van der Waals surface area contributed by atoms with Crippen molar-refractivity contribution in [3.8, 4) is 0 Å². The van der Waals surface area contributed by atoms with Crippen molar-refractivity contribution in [3.05, 3.63) is 65.5 Å². The van der Waals surface area contributed by atoms with Crippen molar-refractivity contribution >= 4 is 17.8 Å². The Morgan fingerprint density at radius 1 is 0.854 bits per heavy atom. The topological polar surface area (TPSA) is 111 Å². The Kier molecular flexibility index (Phi) is 11.7. The average molecular weight is 592 g/mol. The van der Waals surface area contributed by atoms with Crippen molar-refractivity contribution in [2.45, 2.75) is 51.5 Å². The van der Waals surface area contributed by atoms with Crippen LogP contribution in [0.4, 0.5) is 26.3 Å². The van der Waals surface area contributed by atoms with E-state index in [9.17, 15) is 31.1 Å². The number of amides is 1. The van der Waals surface area contributed by atoms with Crippen LogP contribution in [0.3, 0.4) is 0 Å². The van der Waals surface area contributed by atoms with Crippen LogP contribution in [0.2, 0.25) is 0 Å². The lowest BCUT2D eigenvalue weighted by atomic mass is 9.72. The normalized spacial score (nSPS) is 17.0. The number of benzene rings is 1. The van der Waals surface area contributed by atoms with Crippen LogP contribution in [0.15, 0.2) is 48.7 Å². The van der Waals surface area contributed by atoms with Crippen LogP contribution in [0.5, 0.6) is 0 Å². The molecule has 1 amide bonds. The average Bonchev–Trinajstić information content (AvgIpc) is 2.89. The standard InChI is InChI=1S/C23H29N3O.2C2HF3O2/c1-19-7-2-3-9-21(19)22(27)26-15-11-23(12-16-26)10-6-14-25(18-23)17-20-8-4-5-13-24-20;2*3-2(4,5)1(6)7/h2-5,7-9,13H,6,10-12,14-18H2,1H3;2*(H,6,7). The molecule has 2 aromatic rings. The maximum atomic E-state index is 12.9. The van der Waals surface area contributed by atoms with Gasteiger partial charge >= 0.3 is 24.3 Å². The van der Waals surface area contributed by atoms with Gasteiger partial charge in [-0.2, -0.15) is 26.3 Å². The van der Waals surface area contributed by atoms with Crippen molar-refractivity contribution < 1.29 is 50.9 Å². The Hall–Kier alpha value is -3.68. The molecule has 2 saturated heterocycles.